The van der Waals surface area contributed by atoms with Crippen molar-refractivity contribution in [3.05, 3.63) is 58.6 Å². The number of phenolic OH excluding ortho intramolecular Hbond substituents is 1. The van der Waals surface area contributed by atoms with E-state index < -0.39 is 24.0 Å². The first-order valence-corrected chi connectivity index (χ1v) is 8.08. The Morgan fingerprint density at radius 1 is 1.23 bits per heavy atom. The molecule has 0 spiro atoms. The van der Waals surface area contributed by atoms with Gasteiger partial charge < -0.3 is 25.4 Å². The molecule has 2 rings (SSSR count). The molecule has 0 saturated heterocycles. The Morgan fingerprint density at radius 3 is 2.58 bits per heavy atom. The summed E-state index contributed by atoms with van der Waals surface area (Å²) in [5.41, 5.74) is 0.607. The second-order valence-electron chi connectivity index (χ2n) is 5.60. The summed E-state index contributed by atoms with van der Waals surface area (Å²) in [5.74, 6) is -1.40. The van der Waals surface area contributed by atoms with E-state index in [0.717, 1.165) is 0 Å². The summed E-state index contributed by atoms with van der Waals surface area (Å²) in [6.45, 7) is 1.26. The summed E-state index contributed by atoms with van der Waals surface area (Å²) >= 11 is 6.06. The molecular formula is C18H18ClNO6. The number of carbonyl (C=O) groups excluding carboxylic acids is 1. The van der Waals surface area contributed by atoms with Gasteiger partial charge in [-0.15, -0.1) is 0 Å². The van der Waals surface area contributed by atoms with Crippen LogP contribution in [0, 0.1) is 0 Å². The molecule has 138 valence electrons. The van der Waals surface area contributed by atoms with Crippen molar-refractivity contribution in [1.82, 2.24) is 5.32 Å². The van der Waals surface area contributed by atoms with Crippen molar-refractivity contribution in [3.8, 4) is 11.5 Å². The van der Waals surface area contributed by atoms with Crippen molar-refractivity contribution in [2.24, 2.45) is 0 Å². The number of aliphatic hydroxyl groups excluding tert-OH is 1. The van der Waals surface area contributed by atoms with Crippen LogP contribution < -0.4 is 10.1 Å². The average Bonchev–Trinajstić information content (AvgIpc) is 2.59. The number of phenols is 1. The highest BCUT2D eigenvalue weighted by Crippen LogP contribution is 2.24. The first-order chi connectivity index (χ1) is 12.3. The van der Waals surface area contributed by atoms with Gasteiger partial charge in [-0.05, 0) is 42.8 Å². The second-order valence-corrected chi connectivity index (χ2v) is 6.00. The van der Waals surface area contributed by atoms with E-state index in [1.807, 2.05) is 0 Å². The lowest BCUT2D eigenvalue weighted by molar-refractivity contribution is -0.138. The number of halogens is 1. The Labute approximate surface area is 154 Å². The number of amides is 1. The average molecular weight is 380 g/mol. The van der Waals surface area contributed by atoms with Gasteiger partial charge in [0.1, 0.15) is 30.3 Å². The first kappa shape index (κ1) is 19.6. The van der Waals surface area contributed by atoms with Gasteiger partial charge in [0.05, 0.1) is 10.6 Å². The summed E-state index contributed by atoms with van der Waals surface area (Å²) in [4.78, 5) is 22.8. The molecule has 0 heterocycles. The van der Waals surface area contributed by atoms with Crippen LogP contribution in [0.1, 0.15) is 28.9 Å². The minimum atomic E-state index is -1.16. The van der Waals surface area contributed by atoms with Crippen LogP contribution in [0.15, 0.2) is 42.5 Å². The fraction of sp³-hybridized carbons (Fsp3) is 0.222. The number of carboxylic acid groups (broad SMARTS) is 1. The van der Waals surface area contributed by atoms with Crippen molar-refractivity contribution < 1.29 is 29.6 Å². The van der Waals surface area contributed by atoms with E-state index in [2.05, 4.69) is 5.32 Å². The topological polar surface area (TPSA) is 116 Å². The van der Waals surface area contributed by atoms with Gasteiger partial charge in [-0.2, -0.15) is 0 Å². The minimum Gasteiger partial charge on any atom is -0.508 e. The molecule has 7 nitrogen and oxygen atoms in total. The summed E-state index contributed by atoms with van der Waals surface area (Å²) < 4.78 is 5.46. The number of aromatic hydroxyl groups is 1. The molecule has 0 aliphatic carbocycles. The molecule has 0 aliphatic rings. The Hall–Kier alpha value is -2.77. The zero-order valence-corrected chi connectivity index (χ0v) is 14.6. The van der Waals surface area contributed by atoms with E-state index in [4.69, 9.17) is 21.4 Å². The standard InChI is InChI=1S/C18H18ClNO6/c1-10(18(24)25)20-17(23)14-6-5-13(8-15(14)19)26-9-16(22)11-3-2-4-12(21)7-11/h2-8,10,16,21-22H,9H2,1H3,(H,20,23)(H,24,25)/t10-,16?/m0/s1. The fourth-order valence-corrected chi connectivity index (χ4v) is 2.37. The first-order valence-electron chi connectivity index (χ1n) is 7.71. The molecule has 1 unspecified atom stereocenters. The Kier molecular flexibility index (Phi) is 6.43. The molecule has 26 heavy (non-hydrogen) atoms. The van der Waals surface area contributed by atoms with E-state index in [0.29, 0.717) is 11.3 Å². The number of carbonyl (C=O) groups is 2. The molecule has 0 fully saturated rings. The van der Waals surface area contributed by atoms with Gasteiger partial charge in [0, 0.05) is 0 Å². The summed E-state index contributed by atoms with van der Waals surface area (Å²) in [6.07, 6.45) is -0.958. The van der Waals surface area contributed by atoms with Gasteiger partial charge in [-0.25, -0.2) is 0 Å². The van der Waals surface area contributed by atoms with Crippen LogP contribution in [-0.4, -0.2) is 39.8 Å². The Bertz CT molecular complexity index is 810. The molecule has 2 aromatic carbocycles. The summed E-state index contributed by atoms with van der Waals surface area (Å²) in [5, 5.41) is 30.7. The number of ether oxygens (including phenoxy) is 1. The molecule has 0 bridgehead atoms. The van der Waals surface area contributed by atoms with Gasteiger partial charge in [-0.3, -0.25) is 9.59 Å². The molecule has 0 saturated carbocycles. The number of rotatable bonds is 7. The Balaban J connectivity index is 2.00. The number of hydrogen-bond donors (Lipinski definition) is 4. The molecule has 0 aliphatic heterocycles. The van der Waals surface area contributed by atoms with E-state index in [1.54, 1.807) is 12.1 Å². The molecule has 4 N–H and O–H groups in total. The van der Waals surface area contributed by atoms with Crippen LogP contribution in [0.3, 0.4) is 0 Å². The van der Waals surface area contributed by atoms with E-state index >= 15 is 0 Å². The number of aliphatic hydroxyl groups is 1. The second kappa shape index (κ2) is 8.55. The number of hydrogen-bond acceptors (Lipinski definition) is 5. The number of benzene rings is 2. The van der Waals surface area contributed by atoms with Gasteiger partial charge in [0.2, 0.25) is 0 Å². The van der Waals surface area contributed by atoms with Crippen LogP contribution in [0.2, 0.25) is 5.02 Å². The summed E-state index contributed by atoms with van der Waals surface area (Å²) in [6, 6.07) is 9.42. The number of nitrogens with one attached hydrogen (secondary N) is 1. The molecule has 8 heteroatoms. The van der Waals surface area contributed by atoms with Crippen LogP contribution in [-0.2, 0) is 4.79 Å². The summed E-state index contributed by atoms with van der Waals surface area (Å²) in [7, 11) is 0. The number of aliphatic carboxylic acids is 1. The lowest BCUT2D eigenvalue weighted by atomic mass is 10.1. The van der Waals surface area contributed by atoms with Crippen molar-refractivity contribution in [2.75, 3.05) is 6.61 Å². The quantitative estimate of drug-likeness (QED) is 0.587. The largest absolute Gasteiger partial charge is 0.508 e. The molecule has 0 radical (unpaired) electrons. The number of carboxylic acids is 1. The van der Waals surface area contributed by atoms with E-state index in [9.17, 15) is 19.8 Å². The van der Waals surface area contributed by atoms with Crippen LogP contribution in [0.4, 0.5) is 0 Å². The van der Waals surface area contributed by atoms with Gasteiger partial charge >= 0.3 is 5.97 Å². The lowest BCUT2D eigenvalue weighted by Crippen LogP contribution is -2.38. The maximum Gasteiger partial charge on any atom is 0.325 e. The molecule has 2 atom stereocenters. The lowest BCUT2D eigenvalue weighted by Gasteiger charge is -2.14. The van der Waals surface area contributed by atoms with Crippen molar-refractivity contribution >= 4 is 23.5 Å². The molecule has 0 aromatic heterocycles. The van der Waals surface area contributed by atoms with Crippen molar-refractivity contribution in [3.63, 3.8) is 0 Å². The molecule has 1 amide bonds. The molecule has 2 aromatic rings. The van der Waals surface area contributed by atoms with Crippen LogP contribution in [0.25, 0.3) is 0 Å². The zero-order chi connectivity index (χ0) is 19.3. The maximum atomic E-state index is 12.0. The third-order valence-electron chi connectivity index (χ3n) is 3.57. The van der Waals surface area contributed by atoms with Crippen molar-refractivity contribution in [2.45, 2.75) is 19.1 Å². The smallest absolute Gasteiger partial charge is 0.325 e. The highest BCUT2D eigenvalue weighted by atomic mass is 35.5. The van der Waals surface area contributed by atoms with Crippen LogP contribution in [0.5, 0.6) is 11.5 Å². The third-order valence-corrected chi connectivity index (χ3v) is 3.88. The van der Waals surface area contributed by atoms with Gasteiger partial charge in [-0.1, -0.05) is 23.7 Å². The minimum absolute atomic E-state index is 0.0375. The SMILES string of the molecule is C[C@H](NC(=O)c1ccc(OCC(O)c2cccc(O)c2)cc1Cl)C(=O)O. The third kappa shape index (κ3) is 5.11. The van der Waals surface area contributed by atoms with Gasteiger partial charge in [0.15, 0.2) is 0 Å². The highest BCUT2D eigenvalue weighted by Gasteiger charge is 2.18. The Morgan fingerprint density at radius 2 is 1.96 bits per heavy atom. The maximum absolute atomic E-state index is 12.0. The normalized spacial score (nSPS) is 12.9. The predicted octanol–water partition coefficient (Wildman–Crippen LogP) is 2.36. The zero-order valence-electron chi connectivity index (χ0n) is 13.8. The molecular weight excluding hydrogens is 362 g/mol. The van der Waals surface area contributed by atoms with Crippen LogP contribution >= 0.6 is 11.6 Å². The van der Waals surface area contributed by atoms with E-state index in [-0.39, 0.29) is 22.9 Å². The highest BCUT2D eigenvalue weighted by molar-refractivity contribution is 6.34. The van der Waals surface area contributed by atoms with E-state index in [1.165, 1.54) is 37.3 Å². The van der Waals surface area contributed by atoms with Crippen molar-refractivity contribution in [1.29, 1.82) is 0 Å². The monoisotopic (exact) mass is 379 g/mol. The predicted molar refractivity (Wildman–Crippen MR) is 94.6 cm³/mol. The van der Waals surface area contributed by atoms with Gasteiger partial charge in [0.25, 0.3) is 5.91 Å². The fourth-order valence-electron chi connectivity index (χ4n) is 2.11.